The van der Waals surface area contributed by atoms with Gasteiger partial charge in [-0.25, -0.2) is 24.5 Å². The average molecular weight is 536 g/mol. The van der Waals surface area contributed by atoms with Crippen molar-refractivity contribution in [1.29, 1.82) is 0 Å². The molecule has 0 aromatic carbocycles. The SMILES string of the molecule is C/C=C(\C)C(=O)O[C@H]1[C@H](O)[C@@H](C(=O)OC)O[C@@H]2C[C@H]3O[C@@H](n4cnc5c(N)ncnc54)[C@H](OC)[C@H]3O[C@]21O. The van der Waals surface area contributed by atoms with E-state index in [-0.39, 0.29) is 17.8 Å². The van der Waals surface area contributed by atoms with Crippen molar-refractivity contribution < 1.29 is 48.2 Å². The Labute approximate surface area is 216 Å². The first-order chi connectivity index (χ1) is 18.1. The molecule has 3 saturated heterocycles. The van der Waals surface area contributed by atoms with Crippen LogP contribution >= 0.6 is 0 Å². The lowest BCUT2D eigenvalue weighted by Gasteiger charge is -2.52. The molecule has 0 amide bonds. The van der Waals surface area contributed by atoms with Gasteiger partial charge in [-0.2, -0.15) is 0 Å². The van der Waals surface area contributed by atoms with E-state index in [4.69, 9.17) is 34.2 Å². The monoisotopic (exact) mass is 535 g/mol. The highest BCUT2D eigenvalue weighted by atomic mass is 16.7. The highest BCUT2D eigenvalue weighted by molar-refractivity contribution is 5.88. The molecular weight excluding hydrogens is 506 g/mol. The van der Waals surface area contributed by atoms with Crippen molar-refractivity contribution >= 4 is 28.9 Å². The second-order valence-electron chi connectivity index (χ2n) is 9.28. The normalized spacial score (nSPS) is 36.9. The maximum atomic E-state index is 12.7. The molecular formula is C23H29N5O10. The van der Waals surface area contributed by atoms with Crippen LogP contribution in [0.25, 0.3) is 11.2 Å². The van der Waals surface area contributed by atoms with Crippen molar-refractivity contribution in [3.8, 4) is 0 Å². The Bertz CT molecular complexity index is 1270. The Kier molecular flexibility index (Phi) is 6.83. The third kappa shape index (κ3) is 4.02. The molecule has 5 rings (SSSR count). The third-order valence-electron chi connectivity index (χ3n) is 7.21. The van der Waals surface area contributed by atoms with Gasteiger partial charge < -0.3 is 44.4 Å². The van der Waals surface area contributed by atoms with Crippen LogP contribution in [0, 0.1) is 0 Å². The van der Waals surface area contributed by atoms with Gasteiger partial charge in [0.05, 0.1) is 19.5 Å². The molecule has 0 saturated carbocycles. The quantitative estimate of drug-likeness (QED) is 0.310. The van der Waals surface area contributed by atoms with Gasteiger partial charge in [-0.1, -0.05) is 6.08 Å². The van der Waals surface area contributed by atoms with Gasteiger partial charge >= 0.3 is 11.9 Å². The number of aromatic nitrogens is 4. The van der Waals surface area contributed by atoms with Crippen molar-refractivity contribution in [1.82, 2.24) is 19.5 Å². The number of imidazole rings is 1. The fourth-order valence-electron chi connectivity index (χ4n) is 5.10. The molecule has 3 aliphatic rings. The van der Waals surface area contributed by atoms with Crippen molar-refractivity contribution in [2.75, 3.05) is 20.0 Å². The van der Waals surface area contributed by atoms with Gasteiger partial charge in [0.15, 0.2) is 29.9 Å². The molecule has 0 spiro atoms. The molecule has 38 heavy (non-hydrogen) atoms. The Morgan fingerprint density at radius 2 is 2.03 bits per heavy atom. The maximum absolute atomic E-state index is 12.7. The summed E-state index contributed by atoms with van der Waals surface area (Å²) in [7, 11) is 2.56. The van der Waals surface area contributed by atoms with Crippen LogP contribution in [0.2, 0.25) is 0 Å². The maximum Gasteiger partial charge on any atom is 0.337 e. The van der Waals surface area contributed by atoms with Crippen molar-refractivity contribution in [3.63, 3.8) is 0 Å². The molecule has 0 radical (unpaired) electrons. The van der Waals surface area contributed by atoms with Crippen LogP contribution in [0.5, 0.6) is 0 Å². The zero-order valence-corrected chi connectivity index (χ0v) is 21.1. The number of hydrogen-bond acceptors (Lipinski definition) is 14. The molecule has 0 aliphatic carbocycles. The molecule has 15 heteroatoms. The summed E-state index contributed by atoms with van der Waals surface area (Å²) in [5.41, 5.74) is 6.90. The summed E-state index contributed by atoms with van der Waals surface area (Å²) in [5.74, 6) is -3.89. The smallest absolute Gasteiger partial charge is 0.337 e. The second-order valence-corrected chi connectivity index (χ2v) is 9.28. The first-order valence-corrected chi connectivity index (χ1v) is 11.9. The van der Waals surface area contributed by atoms with Gasteiger partial charge in [-0.05, 0) is 13.8 Å². The van der Waals surface area contributed by atoms with E-state index in [1.807, 2.05) is 0 Å². The van der Waals surface area contributed by atoms with Crippen LogP contribution in [0.3, 0.4) is 0 Å². The zero-order chi connectivity index (χ0) is 27.4. The number of carbonyl (C=O) groups is 2. The van der Waals surface area contributed by atoms with E-state index in [0.717, 1.165) is 7.11 Å². The third-order valence-corrected chi connectivity index (χ3v) is 7.21. The molecule has 9 atom stereocenters. The van der Waals surface area contributed by atoms with Crippen LogP contribution in [0.4, 0.5) is 5.82 Å². The predicted molar refractivity (Wildman–Crippen MR) is 125 cm³/mol. The van der Waals surface area contributed by atoms with Crippen LogP contribution in [0.15, 0.2) is 24.3 Å². The molecule has 2 aromatic heterocycles. The molecule has 2 aromatic rings. The Morgan fingerprint density at radius 1 is 1.26 bits per heavy atom. The summed E-state index contributed by atoms with van der Waals surface area (Å²) in [4.78, 5) is 37.5. The van der Waals surface area contributed by atoms with Crippen molar-refractivity contribution in [2.24, 2.45) is 0 Å². The summed E-state index contributed by atoms with van der Waals surface area (Å²) in [5, 5.41) is 22.7. The summed E-state index contributed by atoms with van der Waals surface area (Å²) < 4.78 is 35.7. The number of rotatable bonds is 5. The Balaban J connectivity index is 1.50. The number of esters is 2. The first kappa shape index (κ1) is 26.4. The van der Waals surface area contributed by atoms with Gasteiger partial charge in [0.2, 0.25) is 5.79 Å². The van der Waals surface area contributed by atoms with E-state index < -0.39 is 66.7 Å². The predicted octanol–water partition coefficient (Wildman–Crippen LogP) is -1.02. The number of allylic oxidation sites excluding steroid dienone is 1. The van der Waals surface area contributed by atoms with Gasteiger partial charge in [0.25, 0.3) is 0 Å². The number of fused-ring (bicyclic) bond motifs is 3. The van der Waals surface area contributed by atoms with Gasteiger partial charge in [0.1, 0.15) is 36.3 Å². The highest BCUT2D eigenvalue weighted by Gasteiger charge is 2.67. The van der Waals surface area contributed by atoms with E-state index in [0.29, 0.717) is 11.2 Å². The van der Waals surface area contributed by atoms with Crippen molar-refractivity contribution in [3.05, 3.63) is 24.3 Å². The molecule has 15 nitrogen and oxygen atoms in total. The molecule has 0 unspecified atom stereocenters. The van der Waals surface area contributed by atoms with E-state index in [2.05, 4.69) is 15.0 Å². The van der Waals surface area contributed by atoms with Gasteiger partial charge in [0, 0.05) is 19.1 Å². The molecule has 5 heterocycles. The van der Waals surface area contributed by atoms with Crippen LogP contribution in [-0.4, -0.2) is 104 Å². The topological polar surface area (TPSA) is 200 Å². The number of anilines is 1. The standard InChI is InChI=1S/C23H29N5O10/c1-5-9(2)21(30)37-17-13(29)15(22(31)34-4)36-11-6-10-14(38-23(11,17)32)16(33-3)20(35-10)28-8-27-12-18(24)25-7-26-19(12)28/h5,7-8,10-11,13-17,20,29,32H,6H2,1-4H3,(H2,24,25,26)/b9-5+/t10-,11-,13-,14+,15+,16-,17+,20-,23-/m1/s1. The number of hydrogen-bond donors (Lipinski definition) is 3. The summed E-state index contributed by atoms with van der Waals surface area (Å²) in [6.45, 7) is 3.14. The Hall–Kier alpha value is -3.21. The molecule has 4 N–H and O–H groups in total. The lowest BCUT2D eigenvalue weighted by Crippen LogP contribution is -2.73. The average Bonchev–Trinajstić information content (AvgIpc) is 3.49. The number of ether oxygens (including phenoxy) is 6. The van der Waals surface area contributed by atoms with E-state index in [1.54, 1.807) is 11.5 Å². The number of nitrogen functional groups attached to an aromatic ring is 1. The Morgan fingerprint density at radius 3 is 2.71 bits per heavy atom. The lowest BCUT2D eigenvalue weighted by atomic mass is 9.84. The molecule has 206 valence electrons. The summed E-state index contributed by atoms with van der Waals surface area (Å²) >= 11 is 0. The fourth-order valence-corrected chi connectivity index (χ4v) is 5.10. The van der Waals surface area contributed by atoms with Crippen LogP contribution in [0.1, 0.15) is 26.5 Å². The lowest BCUT2D eigenvalue weighted by molar-refractivity contribution is -0.397. The number of nitrogens with two attached hydrogens (primary N) is 1. The first-order valence-electron chi connectivity index (χ1n) is 11.9. The fraction of sp³-hybridized carbons (Fsp3) is 0.609. The van der Waals surface area contributed by atoms with E-state index >= 15 is 0 Å². The van der Waals surface area contributed by atoms with Crippen LogP contribution < -0.4 is 5.73 Å². The van der Waals surface area contributed by atoms with Gasteiger partial charge in [-0.15, -0.1) is 0 Å². The van der Waals surface area contributed by atoms with Crippen molar-refractivity contribution in [2.45, 2.75) is 75.0 Å². The zero-order valence-electron chi connectivity index (χ0n) is 21.1. The number of aliphatic hydroxyl groups is 2. The number of nitrogens with zero attached hydrogens (tertiary/aromatic N) is 4. The number of methoxy groups -OCH3 is 2. The van der Waals surface area contributed by atoms with E-state index in [1.165, 1.54) is 32.8 Å². The molecule has 0 bridgehead atoms. The number of aliphatic hydroxyl groups excluding tert-OH is 1. The minimum absolute atomic E-state index is 0.00184. The largest absolute Gasteiger partial charge is 0.467 e. The number of carbonyl (C=O) groups excluding carboxylic acids is 2. The minimum Gasteiger partial charge on any atom is -0.467 e. The highest BCUT2D eigenvalue weighted by Crippen LogP contribution is 2.47. The van der Waals surface area contributed by atoms with Crippen LogP contribution in [-0.2, 0) is 38.0 Å². The minimum atomic E-state index is -2.35. The summed E-state index contributed by atoms with van der Waals surface area (Å²) in [6.07, 6.45) is -5.25. The van der Waals surface area contributed by atoms with E-state index in [9.17, 15) is 19.8 Å². The summed E-state index contributed by atoms with van der Waals surface area (Å²) in [6, 6.07) is 0. The second kappa shape index (κ2) is 9.83. The van der Waals surface area contributed by atoms with Gasteiger partial charge in [-0.3, -0.25) is 4.57 Å². The molecule has 3 aliphatic heterocycles. The molecule has 3 fully saturated rings.